The molecule has 0 atom stereocenters. The number of carbonyl (C=O) groups is 1. The maximum atomic E-state index is 11.3. The highest BCUT2D eigenvalue weighted by Crippen LogP contribution is 1.90. The molecule has 0 aliphatic rings. The summed E-state index contributed by atoms with van der Waals surface area (Å²) < 4.78 is 2.03. The smallest absolute Gasteiger partial charge is 0.226 e. The number of pyridine rings is 1. The lowest BCUT2D eigenvalue weighted by Gasteiger charge is -2.01. The molecule has 0 radical (unpaired) electrons. The molecule has 0 saturated heterocycles. The highest BCUT2D eigenvalue weighted by atomic mass is 16.1. The summed E-state index contributed by atoms with van der Waals surface area (Å²) in [5, 5.41) is 2.86. The first-order valence-electron chi connectivity index (χ1n) is 5.44. The monoisotopic (exact) mass is 207 g/mol. The Morgan fingerprint density at radius 2 is 2.07 bits per heavy atom. The van der Waals surface area contributed by atoms with E-state index in [1.807, 2.05) is 29.1 Å². The minimum absolute atomic E-state index is 0.130. The third-order valence-electron chi connectivity index (χ3n) is 2.23. The second-order valence-corrected chi connectivity index (χ2v) is 3.71. The number of rotatable bonds is 5. The molecule has 1 amide bonds. The number of amides is 1. The SMILES string of the molecule is CCCNC(=O)CC[n+]1ccc(C)cc1. The van der Waals surface area contributed by atoms with Gasteiger partial charge in [-0.2, -0.15) is 0 Å². The molecular weight excluding hydrogens is 188 g/mol. The van der Waals surface area contributed by atoms with Gasteiger partial charge >= 0.3 is 0 Å². The molecule has 3 nitrogen and oxygen atoms in total. The van der Waals surface area contributed by atoms with Crippen molar-refractivity contribution in [3.8, 4) is 0 Å². The Bertz CT molecular complexity index is 306. The molecule has 0 fully saturated rings. The van der Waals surface area contributed by atoms with Crippen molar-refractivity contribution in [1.82, 2.24) is 5.32 Å². The lowest BCUT2D eigenvalue weighted by molar-refractivity contribution is -0.695. The third-order valence-corrected chi connectivity index (χ3v) is 2.23. The van der Waals surface area contributed by atoms with Crippen molar-refractivity contribution >= 4 is 5.91 Å². The van der Waals surface area contributed by atoms with E-state index in [2.05, 4.69) is 19.2 Å². The number of nitrogens with zero attached hydrogens (tertiary/aromatic N) is 1. The summed E-state index contributed by atoms with van der Waals surface area (Å²) in [4.78, 5) is 11.3. The Morgan fingerprint density at radius 3 is 2.67 bits per heavy atom. The minimum Gasteiger partial charge on any atom is -0.356 e. The predicted octanol–water partition coefficient (Wildman–Crippen LogP) is 1.20. The van der Waals surface area contributed by atoms with Gasteiger partial charge in [0.25, 0.3) is 0 Å². The fraction of sp³-hybridized carbons (Fsp3) is 0.500. The first-order valence-corrected chi connectivity index (χ1v) is 5.44. The van der Waals surface area contributed by atoms with Gasteiger partial charge in [0.15, 0.2) is 18.9 Å². The number of aromatic nitrogens is 1. The molecule has 0 aromatic carbocycles. The Kier molecular flexibility index (Phi) is 4.81. The van der Waals surface area contributed by atoms with Gasteiger partial charge in [0.1, 0.15) is 0 Å². The molecule has 0 aliphatic carbocycles. The summed E-state index contributed by atoms with van der Waals surface area (Å²) in [5.74, 6) is 0.130. The van der Waals surface area contributed by atoms with Crippen LogP contribution in [0.3, 0.4) is 0 Å². The zero-order valence-electron chi connectivity index (χ0n) is 9.49. The molecule has 15 heavy (non-hydrogen) atoms. The number of nitrogens with one attached hydrogen (secondary N) is 1. The summed E-state index contributed by atoms with van der Waals surface area (Å²) in [6, 6.07) is 4.09. The van der Waals surface area contributed by atoms with Crippen molar-refractivity contribution in [2.75, 3.05) is 6.54 Å². The number of aryl methyl sites for hydroxylation is 2. The Hall–Kier alpha value is -1.38. The fourth-order valence-corrected chi connectivity index (χ4v) is 1.26. The molecule has 1 aromatic rings. The Balaban J connectivity index is 2.30. The van der Waals surface area contributed by atoms with E-state index in [0.29, 0.717) is 6.42 Å². The van der Waals surface area contributed by atoms with Crippen molar-refractivity contribution in [2.24, 2.45) is 0 Å². The standard InChI is InChI=1S/C12H18N2O/c1-3-7-13-12(15)6-10-14-8-4-11(2)5-9-14/h4-5,8-9H,3,6-7,10H2,1-2H3/p+1. The summed E-state index contributed by atoms with van der Waals surface area (Å²) in [6.45, 7) is 5.63. The molecule has 1 rings (SSSR count). The molecule has 1 heterocycles. The van der Waals surface area contributed by atoms with Gasteiger partial charge < -0.3 is 5.32 Å². The van der Waals surface area contributed by atoms with Crippen LogP contribution in [0.5, 0.6) is 0 Å². The zero-order valence-corrected chi connectivity index (χ0v) is 9.49. The molecule has 0 saturated carbocycles. The van der Waals surface area contributed by atoms with Crippen molar-refractivity contribution < 1.29 is 9.36 Å². The van der Waals surface area contributed by atoms with Gasteiger partial charge in [-0.15, -0.1) is 0 Å². The highest BCUT2D eigenvalue weighted by Gasteiger charge is 2.04. The van der Waals surface area contributed by atoms with Gasteiger partial charge in [0.05, 0.1) is 6.42 Å². The van der Waals surface area contributed by atoms with Crippen LogP contribution in [0.15, 0.2) is 24.5 Å². The van der Waals surface area contributed by atoms with E-state index in [9.17, 15) is 4.79 Å². The van der Waals surface area contributed by atoms with Crippen LogP contribution in [-0.2, 0) is 11.3 Å². The van der Waals surface area contributed by atoms with Crippen LogP contribution in [0, 0.1) is 6.92 Å². The molecule has 0 bridgehead atoms. The van der Waals surface area contributed by atoms with Gasteiger partial charge in [-0.25, -0.2) is 4.57 Å². The Labute approximate surface area is 91.1 Å². The van der Waals surface area contributed by atoms with Gasteiger partial charge in [0.2, 0.25) is 5.91 Å². The van der Waals surface area contributed by atoms with Crippen molar-refractivity contribution in [2.45, 2.75) is 33.2 Å². The lowest BCUT2D eigenvalue weighted by atomic mass is 10.3. The Morgan fingerprint density at radius 1 is 1.40 bits per heavy atom. The van der Waals surface area contributed by atoms with E-state index in [1.165, 1.54) is 5.56 Å². The number of carbonyl (C=O) groups excluding carboxylic acids is 1. The van der Waals surface area contributed by atoms with E-state index in [-0.39, 0.29) is 5.91 Å². The normalized spacial score (nSPS) is 10.0. The molecule has 1 N–H and O–H groups in total. The van der Waals surface area contributed by atoms with E-state index >= 15 is 0 Å². The van der Waals surface area contributed by atoms with Gasteiger partial charge in [-0.1, -0.05) is 6.92 Å². The highest BCUT2D eigenvalue weighted by molar-refractivity contribution is 5.75. The van der Waals surface area contributed by atoms with Crippen LogP contribution >= 0.6 is 0 Å². The van der Waals surface area contributed by atoms with Crippen molar-refractivity contribution in [3.05, 3.63) is 30.1 Å². The van der Waals surface area contributed by atoms with Gasteiger partial charge in [0, 0.05) is 18.7 Å². The lowest BCUT2D eigenvalue weighted by Crippen LogP contribution is -2.36. The molecule has 0 unspecified atom stereocenters. The summed E-state index contributed by atoms with van der Waals surface area (Å²) in [6.07, 6.45) is 5.54. The second-order valence-electron chi connectivity index (χ2n) is 3.71. The molecule has 0 spiro atoms. The average Bonchev–Trinajstić information content (AvgIpc) is 2.25. The number of hydrogen-bond donors (Lipinski definition) is 1. The predicted molar refractivity (Wildman–Crippen MR) is 59.3 cm³/mol. The number of hydrogen-bond acceptors (Lipinski definition) is 1. The molecular formula is C12H19N2O+. The quantitative estimate of drug-likeness (QED) is 0.723. The van der Waals surface area contributed by atoms with Crippen molar-refractivity contribution in [3.63, 3.8) is 0 Å². The third kappa shape index (κ3) is 4.58. The van der Waals surface area contributed by atoms with E-state index in [1.54, 1.807) is 0 Å². The average molecular weight is 207 g/mol. The van der Waals surface area contributed by atoms with Gasteiger partial charge in [-0.3, -0.25) is 4.79 Å². The van der Waals surface area contributed by atoms with Crippen LogP contribution in [-0.4, -0.2) is 12.5 Å². The van der Waals surface area contributed by atoms with Crippen LogP contribution < -0.4 is 9.88 Å². The molecule has 82 valence electrons. The summed E-state index contributed by atoms with van der Waals surface area (Å²) >= 11 is 0. The van der Waals surface area contributed by atoms with Crippen LogP contribution in [0.4, 0.5) is 0 Å². The maximum absolute atomic E-state index is 11.3. The summed E-state index contributed by atoms with van der Waals surface area (Å²) in [5.41, 5.74) is 1.24. The van der Waals surface area contributed by atoms with Crippen LogP contribution in [0.25, 0.3) is 0 Å². The molecule has 3 heteroatoms. The fourth-order valence-electron chi connectivity index (χ4n) is 1.26. The van der Waals surface area contributed by atoms with Crippen LogP contribution in [0.1, 0.15) is 25.3 Å². The van der Waals surface area contributed by atoms with E-state index in [0.717, 1.165) is 19.5 Å². The molecule has 1 aromatic heterocycles. The first-order chi connectivity index (χ1) is 7.22. The van der Waals surface area contributed by atoms with E-state index < -0.39 is 0 Å². The maximum Gasteiger partial charge on any atom is 0.226 e. The van der Waals surface area contributed by atoms with Crippen LogP contribution in [0.2, 0.25) is 0 Å². The van der Waals surface area contributed by atoms with Crippen molar-refractivity contribution in [1.29, 1.82) is 0 Å². The second kappa shape index (κ2) is 6.17. The molecule has 0 aliphatic heterocycles. The minimum atomic E-state index is 0.130. The topological polar surface area (TPSA) is 33.0 Å². The van der Waals surface area contributed by atoms with Gasteiger partial charge in [-0.05, 0) is 18.9 Å². The van der Waals surface area contributed by atoms with E-state index in [4.69, 9.17) is 0 Å². The summed E-state index contributed by atoms with van der Waals surface area (Å²) in [7, 11) is 0. The zero-order chi connectivity index (χ0) is 11.1. The largest absolute Gasteiger partial charge is 0.356 e. The first kappa shape index (κ1) is 11.7.